The van der Waals surface area contributed by atoms with Gasteiger partial charge in [0.2, 0.25) is 5.91 Å². The first-order valence-electron chi connectivity index (χ1n) is 11.0. The van der Waals surface area contributed by atoms with Crippen molar-refractivity contribution in [2.75, 3.05) is 19.6 Å². The van der Waals surface area contributed by atoms with Gasteiger partial charge >= 0.3 is 0 Å². The minimum atomic E-state index is -0.188. The highest BCUT2D eigenvalue weighted by Crippen LogP contribution is 2.36. The van der Waals surface area contributed by atoms with E-state index in [9.17, 15) is 14.4 Å². The van der Waals surface area contributed by atoms with E-state index in [4.69, 9.17) is 16.3 Å². The van der Waals surface area contributed by atoms with Crippen molar-refractivity contribution in [2.24, 2.45) is 0 Å². The molecule has 0 radical (unpaired) electrons. The number of hydrogen-bond acceptors (Lipinski definition) is 4. The number of carbonyl (C=O) groups is 2. The Bertz CT molecular complexity index is 1120. The largest absolute Gasteiger partial charge is 0.489 e. The number of aryl methyl sites for hydroxylation is 2. The van der Waals surface area contributed by atoms with Crippen molar-refractivity contribution in [2.45, 2.75) is 52.7 Å². The van der Waals surface area contributed by atoms with Crippen molar-refractivity contribution in [1.82, 2.24) is 14.8 Å². The highest BCUT2D eigenvalue weighted by atomic mass is 35.5. The van der Waals surface area contributed by atoms with E-state index in [1.807, 2.05) is 36.9 Å². The van der Waals surface area contributed by atoms with Gasteiger partial charge in [-0.25, -0.2) is 0 Å². The summed E-state index contributed by atoms with van der Waals surface area (Å²) >= 11 is 6.67. The number of rotatable bonds is 4. The Labute approximate surface area is 192 Å². The number of amides is 2. The highest BCUT2D eigenvalue weighted by Gasteiger charge is 2.30. The Morgan fingerprint density at radius 3 is 2.56 bits per heavy atom. The van der Waals surface area contributed by atoms with Crippen LogP contribution in [0.3, 0.4) is 0 Å². The second-order valence-corrected chi connectivity index (χ2v) is 9.03. The van der Waals surface area contributed by atoms with Crippen molar-refractivity contribution in [3.05, 3.63) is 61.5 Å². The number of ether oxygens (including phenoxy) is 1. The summed E-state index contributed by atoms with van der Waals surface area (Å²) in [5, 5.41) is 0.320. The van der Waals surface area contributed by atoms with E-state index in [0.717, 1.165) is 29.7 Å². The fourth-order valence-electron chi connectivity index (χ4n) is 4.53. The number of pyridine rings is 1. The number of piperidine rings is 1. The molecular formula is C24H28ClN3O4. The van der Waals surface area contributed by atoms with Gasteiger partial charge in [-0.15, -0.1) is 0 Å². The molecule has 0 spiro atoms. The van der Waals surface area contributed by atoms with E-state index >= 15 is 0 Å². The molecule has 1 fully saturated rings. The molecule has 7 nitrogen and oxygen atoms in total. The lowest BCUT2D eigenvalue weighted by Crippen LogP contribution is -2.41. The summed E-state index contributed by atoms with van der Waals surface area (Å²) in [6.45, 7) is 7.37. The second kappa shape index (κ2) is 8.98. The normalized spacial score (nSPS) is 16.8. The van der Waals surface area contributed by atoms with Gasteiger partial charge in [-0.2, -0.15) is 0 Å². The smallest absolute Gasteiger partial charge is 0.256 e. The number of nitrogens with one attached hydrogen (secondary N) is 1. The average molecular weight is 458 g/mol. The summed E-state index contributed by atoms with van der Waals surface area (Å²) in [5.74, 6) is 0.377. The molecule has 2 aromatic rings. The maximum absolute atomic E-state index is 13.3. The molecule has 0 bridgehead atoms. The molecule has 0 aliphatic carbocycles. The Balaban J connectivity index is 1.53. The van der Waals surface area contributed by atoms with Crippen LogP contribution in [0.1, 0.15) is 52.5 Å². The number of fused-ring (bicyclic) bond motifs is 1. The predicted octanol–water partition coefficient (Wildman–Crippen LogP) is 3.23. The summed E-state index contributed by atoms with van der Waals surface area (Å²) in [6, 6.07) is 5.64. The van der Waals surface area contributed by atoms with Crippen LogP contribution in [0, 0.1) is 13.8 Å². The van der Waals surface area contributed by atoms with E-state index in [0.29, 0.717) is 48.0 Å². The molecule has 170 valence electrons. The fourth-order valence-corrected chi connectivity index (χ4v) is 4.84. The molecule has 2 aliphatic rings. The Morgan fingerprint density at radius 2 is 1.91 bits per heavy atom. The number of carbonyl (C=O) groups excluding carboxylic acids is 2. The van der Waals surface area contributed by atoms with Gasteiger partial charge in [0.05, 0.1) is 17.1 Å². The summed E-state index contributed by atoms with van der Waals surface area (Å²) in [7, 11) is 0. The van der Waals surface area contributed by atoms with Crippen LogP contribution in [0.15, 0.2) is 23.0 Å². The molecule has 1 aromatic heterocycles. The molecule has 0 saturated carbocycles. The third-order valence-corrected chi connectivity index (χ3v) is 6.74. The lowest BCUT2D eigenvalue weighted by molar-refractivity contribution is -0.130. The van der Waals surface area contributed by atoms with E-state index in [1.54, 1.807) is 11.8 Å². The number of H-pyrrole nitrogens is 1. The van der Waals surface area contributed by atoms with E-state index < -0.39 is 0 Å². The molecule has 3 heterocycles. The number of hydrogen-bond donors (Lipinski definition) is 1. The lowest BCUT2D eigenvalue weighted by Gasteiger charge is -2.33. The molecule has 1 N–H and O–H groups in total. The zero-order valence-corrected chi connectivity index (χ0v) is 19.4. The Morgan fingerprint density at radius 1 is 1.19 bits per heavy atom. The van der Waals surface area contributed by atoms with Crippen molar-refractivity contribution < 1.29 is 14.3 Å². The molecule has 0 unspecified atom stereocenters. The van der Waals surface area contributed by atoms with Gasteiger partial charge in [-0.05, 0) is 43.5 Å². The monoisotopic (exact) mass is 457 g/mol. The molecular weight excluding hydrogens is 430 g/mol. The number of aromatic nitrogens is 1. The van der Waals surface area contributed by atoms with Crippen LogP contribution in [0.4, 0.5) is 0 Å². The van der Waals surface area contributed by atoms with Gasteiger partial charge in [-0.3, -0.25) is 14.4 Å². The topological polar surface area (TPSA) is 82.7 Å². The van der Waals surface area contributed by atoms with Gasteiger partial charge < -0.3 is 19.5 Å². The summed E-state index contributed by atoms with van der Waals surface area (Å²) in [4.78, 5) is 43.6. The molecule has 4 rings (SSSR count). The zero-order valence-electron chi connectivity index (χ0n) is 18.7. The van der Waals surface area contributed by atoms with Crippen molar-refractivity contribution in [3.8, 4) is 5.75 Å². The number of benzene rings is 1. The standard InChI is InChI=1S/C24H28ClN3O4/c1-14-12-15(2)26-23(30)19(14)13-28-9-6-17-4-5-20(22(25)21(17)24(28)31)32-18-7-10-27(11-8-18)16(3)29/h4-5,12,18H,6-11,13H2,1-3H3,(H,26,30). The lowest BCUT2D eigenvalue weighted by atomic mass is 9.97. The van der Waals surface area contributed by atoms with E-state index in [1.165, 1.54) is 0 Å². The van der Waals surface area contributed by atoms with Crippen LogP contribution in [0.5, 0.6) is 5.75 Å². The summed E-state index contributed by atoms with van der Waals surface area (Å²) < 4.78 is 6.14. The van der Waals surface area contributed by atoms with Crippen LogP contribution in [0.25, 0.3) is 0 Å². The first-order valence-corrected chi connectivity index (χ1v) is 11.3. The minimum Gasteiger partial charge on any atom is -0.489 e. The van der Waals surface area contributed by atoms with Gasteiger partial charge in [0, 0.05) is 50.7 Å². The summed E-state index contributed by atoms with van der Waals surface area (Å²) in [6.07, 6.45) is 2.07. The second-order valence-electron chi connectivity index (χ2n) is 8.65. The van der Waals surface area contributed by atoms with Crippen molar-refractivity contribution >= 4 is 23.4 Å². The number of halogens is 1. The molecule has 32 heavy (non-hydrogen) atoms. The van der Waals surface area contributed by atoms with Gasteiger partial charge in [-0.1, -0.05) is 17.7 Å². The maximum Gasteiger partial charge on any atom is 0.256 e. The molecule has 2 aliphatic heterocycles. The van der Waals surface area contributed by atoms with Crippen LogP contribution in [-0.4, -0.2) is 52.3 Å². The van der Waals surface area contributed by atoms with Gasteiger partial charge in [0.1, 0.15) is 11.9 Å². The van der Waals surface area contributed by atoms with Crippen molar-refractivity contribution in [3.63, 3.8) is 0 Å². The number of likely N-dealkylation sites (tertiary alicyclic amines) is 1. The number of nitrogens with zero attached hydrogens (tertiary/aromatic N) is 2. The predicted molar refractivity (Wildman–Crippen MR) is 122 cm³/mol. The molecule has 0 atom stereocenters. The van der Waals surface area contributed by atoms with E-state index in [-0.39, 0.29) is 30.0 Å². The third-order valence-electron chi connectivity index (χ3n) is 6.37. The van der Waals surface area contributed by atoms with Crippen LogP contribution in [-0.2, 0) is 17.8 Å². The molecule has 1 aromatic carbocycles. The van der Waals surface area contributed by atoms with Crippen LogP contribution < -0.4 is 10.3 Å². The highest BCUT2D eigenvalue weighted by molar-refractivity contribution is 6.35. The maximum atomic E-state index is 13.3. The van der Waals surface area contributed by atoms with Gasteiger partial charge in [0.15, 0.2) is 0 Å². The Kier molecular flexibility index (Phi) is 6.29. The first kappa shape index (κ1) is 22.4. The molecule has 8 heteroatoms. The zero-order chi connectivity index (χ0) is 23.0. The third kappa shape index (κ3) is 4.39. The Hall–Kier alpha value is -2.80. The fraction of sp³-hybridized carbons (Fsp3) is 0.458. The van der Waals surface area contributed by atoms with Crippen LogP contribution in [0.2, 0.25) is 5.02 Å². The van der Waals surface area contributed by atoms with Gasteiger partial charge in [0.25, 0.3) is 11.5 Å². The minimum absolute atomic E-state index is 0.0512. The van der Waals surface area contributed by atoms with Crippen molar-refractivity contribution in [1.29, 1.82) is 0 Å². The quantitative estimate of drug-likeness (QED) is 0.764. The molecule has 1 saturated heterocycles. The number of aromatic amines is 1. The van der Waals surface area contributed by atoms with Crippen LogP contribution >= 0.6 is 11.6 Å². The van der Waals surface area contributed by atoms with E-state index in [2.05, 4.69) is 4.98 Å². The summed E-state index contributed by atoms with van der Waals surface area (Å²) in [5.41, 5.74) is 3.44. The average Bonchev–Trinajstić information content (AvgIpc) is 2.74. The molecule has 2 amide bonds. The first-order chi connectivity index (χ1) is 15.2. The SMILES string of the molecule is CC(=O)N1CCC(Oc2ccc3c(c2Cl)C(=O)N(Cc2c(C)cc(C)[nH]c2=O)CC3)CC1.